The highest BCUT2D eigenvalue weighted by atomic mass is 32.1. The van der Waals surface area contributed by atoms with Crippen molar-refractivity contribution in [2.45, 2.75) is 52.6 Å². The number of nitrogens with one attached hydrogen (secondary N) is 1. The molecule has 1 aromatic heterocycles. The molecular formula is C24H27N3O5S. The van der Waals surface area contributed by atoms with Gasteiger partial charge in [-0.15, -0.1) is 11.3 Å². The molecule has 3 amide bonds. The maximum Gasteiger partial charge on any atom is 0.341 e. The molecule has 0 aliphatic carbocycles. The van der Waals surface area contributed by atoms with Crippen LogP contribution < -0.4 is 10.2 Å². The minimum Gasteiger partial charge on any atom is -0.462 e. The van der Waals surface area contributed by atoms with Crippen molar-refractivity contribution in [1.29, 1.82) is 0 Å². The third-order valence-electron chi connectivity index (χ3n) is 5.96. The topological polar surface area (TPSA) is 96.0 Å². The second-order valence-electron chi connectivity index (χ2n) is 8.37. The summed E-state index contributed by atoms with van der Waals surface area (Å²) < 4.78 is 5.28. The zero-order valence-electron chi connectivity index (χ0n) is 19.0. The van der Waals surface area contributed by atoms with Crippen LogP contribution in [0, 0.1) is 0 Å². The van der Waals surface area contributed by atoms with Crippen molar-refractivity contribution >= 4 is 45.7 Å². The fraction of sp³-hybridized carbons (Fsp3) is 0.417. The van der Waals surface area contributed by atoms with Crippen molar-refractivity contribution in [3.63, 3.8) is 0 Å². The summed E-state index contributed by atoms with van der Waals surface area (Å²) in [6.07, 6.45) is 1.13. The van der Waals surface area contributed by atoms with E-state index in [0.29, 0.717) is 27.9 Å². The first-order valence-corrected chi connectivity index (χ1v) is 11.9. The molecule has 2 aromatic rings. The van der Waals surface area contributed by atoms with E-state index < -0.39 is 5.97 Å². The van der Waals surface area contributed by atoms with E-state index in [-0.39, 0.29) is 37.2 Å². The lowest BCUT2D eigenvalue weighted by molar-refractivity contribution is -0.121. The largest absolute Gasteiger partial charge is 0.462 e. The minimum atomic E-state index is -0.426. The standard InChI is InChI=1S/C24H27N3O5S/c1-4-32-24(31)21-17-11-12-26(14(2)3)13-18(17)33-23(21)25-22(30)15-5-7-16(8-6-15)27-19(28)9-10-20(27)29/h5-8,14H,4,9-13H2,1-3H3,(H,25,30). The van der Waals surface area contributed by atoms with Crippen LogP contribution in [0.4, 0.5) is 10.7 Å². The molecule has 4 rings (SSSR count). The zero-order valence-corrected chi connectivity index (χ0v) is 19.8. The molecule has 0 spiro atoms. The predicted molar refractivity (Wildman–Crippen MR) is 126 cm³/mol. The maximum absolute atomic E-state index is 13.0. The van der Waals surface area contributed by atoms with Crippen molar-refractivity contribution in [3.8, 4) is 0 Å². The molecule has 9 heteroatoms. The lowest BCUT2D eigenvalue weighted by Crippen LogP contribution is -2.35. The summed E-state index contributed by atoms with van der Waals surface area (Å²) in [6, 6.07) is 6.70. The van der Waals surface area contributed by atoms with E-state index in [1.165, 1.54) is 11.3 Å². The van der Waals surface area contributed by atoms with E-state index in [0.717, 1.165) is 34.9 Å². The number of esters is 1. The molecule has 8 nitrogen and oxygen atoms in total. The first-order valence-electron chi connectivity index (χ1n) is 11.1. The number of carbonyl (C=O) groups is 4. The lowest BCUT2D eigenvalue weighted by atomic mass is 10.0. The molecule has 1 N–H and O–H groups in total. The van der Waals surface area contributed by atoms with Gasteiger partial charge in [0.2, 0.25) is 11.8 Å². The van der Waals surface area contributed by atoms with Crippen LogP contribution in [0.15, 0.2) is 24.3 Å². The summed E-state index contributed by atoms with van der Waals surface area (Å²) >= 11 is 1.41. The molecule has 2 aliphatic heterocycles. The molecule has 174 valence electrons. The van der Waals surface area contributed by atoms with Crippen LogP contribution in [0.1, 0.15) is 64.8 Å². The van der Waals surface area contributed by atoms with Crippen LogP contribution in [-0.2, 0) is 27.3 Å². The van der Waals surface area contributed by atoms with Crippen LogP contribution in [-0.4, -0.2) is 47.8 Å². The number of amides is 3. The number of hydrogen-bond donors (Lipinski definition) is 1. The summed E-state index contributed by atoms with van der Waals surface area (Å²) in [4.78, 5) is 54.1. The molecule has 0 atom stereocenters. The third-order valence-corrected chi connectivity index (χ3v) is 7.09. The Bertz CT molecular complexity index is 1090. The van der Waals surface area contributed by atoms with Crippen molar-refractivity contribution in [2.75, 3.05) is 23.4 Å². The number of thiophene rings is 1. The molecular weight excluding hydrogens is 442 g/mol. The van der Waals surface area contributed by atoms with E-state index in [2.05, 4.69) is 24.1 Å². The number of ether oxygens (including phenoxy) is 1. The van der Waals surface area contributed by atoms with E-state index in [1.54, 1.807) is 31.2 Å². The Kier molecular flexibility index (Phi) is 6.62. The highest BCUT2D eigenvalue weighted by molar-refractivity contribution is 7.17. The molecule has 0 bridgehead atoms. The fourth-order valence-corrected chi connectivity index (χ4v) is 5.43. The molecule has 3 heterocycles. The van der Waals surface area contributed by atoms with Gasteiger partial charge in [-0.25, -0.2) is 4.79 Å². The van der Waals surface area contributed by atoms with Gasteiger partial charge in [0.25, 0.3) is 5.91 Å². The molecule has 1 aromatic carbocycles. The summed E-state index contributed by atoms with van der Waals surface area (Å²) in [6.45, 7) is 7.86. The Labute approximate surface area is 196 Å². The highest BCUT2D eigenvalue weighted by Crippen LogP contribution is 2.38. The third kappa shape index (κ3) is 4.56. The van der Waals surface area contributed by atoms with Crippen LogP contribution >= 0.6 is 11.3 Å². The zero-order chi connectivity index (χ0) is 23.7. The number of fused-ring (bicyclic) bond motifs is 1. The maximum atomic E-state index is 13.0. The SMILES string of the molecule is CCOC(=O)c1c(NC(=O)c2ccc(N3C(=O)CCC3=O)cc2)sc2c1CCN(C(C)C)C2. The van der Waals surface area contributed by atoms with E-state index >= 15 is 0 Å². The Morgan fingerprint density at radius 1 is 1.09 bits per heavy atom. The number of benzene rings is 1. The van der Waals surface area contributed by atoms with E-state index in [1.807, 2.05) is 0 Å². The van der Waals surface area contributed by atoms with Crippen LogP contribution in [0.2, 0.25) is 0 Å². The highest BCUT2D eigenvalue weighted by Gasteiger charge is 2.31. The number of hydrogen-bond acceptors (Lipinski definition) is 7. The van der Waals surface area contributed by atoms with Crippen molar-refractivity contribution in [2.24, 2.45) is 0 Å². The van der Waals surface area contributed by atoms with Crippen molar-refractivity contribution in [1.82, 2.24) is 4.90 Å². The second-order valence-corrected chi connectivity index (χ2v) is 9.47. The van der Waals surface area contributed by atoms with Gasteiger partial charge in [0.1, 0.15) is 5.00 Å². The van der Waals surface area contributed by atoms with Gasteiger partial charge in [-0.1, -0.05) is 0 Å². The minimum absolute atomic E-state index is 0.203. The van der Waals surface area contributed by atoms with Gasteiger partial charge in [0.05, 0.1) is 17.9 Å². The number of anilines is 2. The van der Waals surface area contributed by atoms with Gasteiger partial charge in [-0.3, -0.25) is 24.2 Å². The monoisotopic (exact) mass is 469 g/mol. The molecule has 0 saturated carbocycles. The Morgan fingerprint density at radius 2 is 1.76 bits per heavy atom. The normalized spacial score (nSPS) is 16.3. The van der Waals surface area contributed by atoms with Crippen molar-refractivity contribution < 1.29 is 23.9 Å². The van der Waals surface area contributed by atoms with Gasteiger partial charge in [0, 0.05) is 42.4 Å². The van der Waals surface area contributed by atoms with Gasteiger partial charge < -0.3 is 10.1 Å². The summed E-state index contributed by atoms with van der Waals surface area (Å²) in [5.41, 5.74) is 2.21. The lowest BCUT2D eigenvalue weighted by Gasteiger charge is -2.30. The second kappa shape index (κ2) is 9.44. The van der Waals surface area contributed by atoms with Crippen LogP contribution in [0.3, 0.4) is 0 Å². The molecule has 1 fully saturated rings. The summed E-state index contributed by atoms with van der Waals surface area (Å²) in [5, 5.41) is 3.38. The summed E-state index contributed by atoms with van der Waals surface area (Å²) in [5.74, 6) is -1.28. The first kappa shape index (κ1) is 23.1. The van der Waals surface area contributed by atoms with E-state index in [9.17, 15) is 19.2 Å². The van der Waals surface area contributed by atoms with Gasteiger partial charge in [-0.2, -0.15) is 0 Å². The fourth-order valence-electron chi connectivity index (χ4n) is 4.17. The number of carbonyl (C=O) groups excluding carboxylic acids is 4. The van der Waals surface area contributed by atoms with Gasteiger partial charge in [-0.05, 0) is 57.0 Å². The van der Waals surface area contributed by atoms with Crippen molar-refractivity contribution in [3.05, 3.63) is 45.8 Å². The van der Waals surface area contributed by atoms with Crippen LogP contribution in [0.25, 0.3) is 0 Å². The molecule has 33 heavy (non-hydrogen) atoms. The first-order chi connectivity index (χ1) is 15.8. The average molecular weight is 470 g/mol. The Morgan fingerprint density at radius 3 is 2.36 bits per heavy atom. The number of nitrogens with zero attached hydrogens (tertiary/aromatic N) is 2. The van der Waals surface area contributed by atoms with Crippen LogP contribution in [0.5, 0.6) is 0 Å². The Balaban J connectivity index is 1.58. The van der Waals surface area contributed by atoms with Gasteiger partial charge >= 0.3 is 5.97 Å². The van der Waals surface area contributed by atoms with E-state index in [4.69, 9.17) is 4.74 Å². The predicted octanol–water partition coefficient (Wildman–Crippen LogP) is 3.60. The number of imide groups is 1. The quantitative estimate of drug-likeness (QED) is 0.513. The molecule has 0 unspecified atom stereocenters. The number of rotatable bonds is 6. The molecule has 1 saturated heterocycles. The van der Waals surface area contributed by atoms with Gasteiger partial charge in [0.15, 0.2) is 0 Å². The molecule has 0 radical (unpaired) electrons. The Hall–Kier alpha value is -3.04. The summed E-state index contributed by atoms with van der Waals surface area (Å²) in [7, 11) is 0. The smallest absolute Gasteiger partial charge is 0.341 e. The molecule has 2 aliphatic rings. The average Bonchev–Trinajstić information content (AvgIpc) is 3.32.